The first-order chi connectivity index (χ1) is 3.77. The van der Waals surface area contributed by atoms with E-state index in [1.165, 1.54) is 0 Å². The van der Waals surface area contributed by atoms with E-state index >= 15 is 0 Å². The van der Waals surface area contributed by atoms with Crippen molar-refractivity contribution >= 4 is 14.1 Å². The number of hydrogen-bond acceptors (Lipinski definition) is 2. The molecule has 2 nitrogen and oxygen atoms in total. The van der Waals surface area contributed by atoms with Gasteiger partial charge in [-0.2, -0.15) is 5.10 Å². The monoisotopic (exact) mass is 110 g/mol. The fraction of sp³-hybridized carbons (Fsp3) is 0.400. The Labute approximate surface area is 51.3 Å². The van der Waals surface area contributed by atoms with E-state index in [0.717, 1.165) is 0 Å². The van der Waals surface area contributed by atoms with Gasteiger partial charge in [0.1, 0.15) is 7.85 Å². The topological polar surface area (TPSA) is 15.6 Å². The van der Waals surface area contributed by atoms with Gasteiger partial charge in [0, 0.05) is 20.3 Å². The first-order valence-corrected chi connectivity index (χ1v) is 2.60. The molecule has 0 radical (unpaired) electrons. The van der Waals surface area contributed by atoms with Crippen LogP contribution in [0.4, 0.5) is 0 Å². The third kappa shape index (κ3) is 5.27. The average Bonchev–Trinajstić information content (AvgIpc) is 1.66. The fourth-order valence-electron chi connectivity index (χ4n) is 0.258. The van der Waals surface area contributed by atoms with Gasteiger partial charge in [-0.15, -0.1) is 5.98 Å². The van der Waals surface area contributed by atoms with Crippen LogP contribution in [0.15, 0.2) is 17.2 Å². The molecule has 0 saturated heterocycles. The van der Waals surface area contributed by atoms with E-state index in [4.69, 9.17) is 0 Å². The maximum atomic E-state index is 3.94. The van der Waals surface area contributed by atoms with Crippen molar-refractivity contribution in [1.29, 1.82) is 0 Å². The number of nitrogens with zero attached hydrogens (tertiary/aromatic N) is 2. The summed E-state index contributed by atoms with van der Waals surface area (Å²) in [5, 5.41) is 5.69. The number of rotatable bonds is 2. The van der Waals surface area contributed by atoms with Gasteiger partial charge >= 0.3 is 0 Å². The Balaban J connectivity index is 3.34. The quantitative estimate of drug-likeness (QED) is 0.270. The molecule has 0 N–H and O–H groups in total. The van der Waals surface area contributed by atoms with E-state index in [1.807, 2.05) is 34.0 Å². The second-order valence-electron chi connectivity index (χ2n) is 1.64. The Morgan fingerprint density at radius 2 is 2.12 bits per heavy atom. The highest BCUT2D eigenvalue weighted by Crippen LogP contribution is 1.70. The molecule has 0 spiro atoms. The van der Waals surface area contributed by atoms with E-state index < -0.39 is 0 Å². The first kappa shape index (κ1) is 7.27. The molecule has 0 aromatic heterocycles. The molecule has 0 aliphatic heterocycles. The summed E-state index contributed by atoms with van der Waals surface area (Å²) in [6.45, 7) is 0. The Hall–Kier alpha value is -0.725. The lowest BCUT2D eigenvalue weighted by atomic mass is 10.1. The molecule has 0 rings (SSSR count). The van der Waals surface area contributed by atoms with Crippen molar-refractivity contribution < 1.29 is 0 Å². The molecule has 0 amide bonds. The molecule has 0 fully saturated rings. The molecule has 0 unspecified atom stereocenters. The summed E-state index contributed by atoms with van der Waals surface area (Å²) < 4.78 is 0. The van der Waals surface area contributed by atoms with Crippen LogP contribution in [0.5, 0.6) is 0 Å². The van der Waals surface area contributed by atoms with Crippen LogP contribution in [-0.2, 0) is 0 Å². The van der Waals surface area contributed by atoms with Gasteiger partial charge in [-0.3, -0.25) is 0 Å². The van der Waals surface area contributed by atoms with Gasteiger partial charge in [0.25, 0.3) is 0 Å². The average molecular weight is 110 g/mol. The minimum Gasteiger partial charge on any atom is -0.303 e. The normalized spacial score (nSPS) is 11.2. The maximum Gasteiger partial charge on any atom is 0.129 e. The lowest BCUT2D eigenvalue weighted by molar-refractivity contribution is 0.440. The van der Waals surface area contributed by atoms with E-state index in [-0.39, 0.29) is 0 Å². The van der Waals surface area contributed by atoms with Crippen LogP contribution in [-0.4, -0.2) is 33.2 Å². The highest BCUT2D eigenvalue weighted by Gasteiger charge is 1.68. The van der Waals surface area contributed by atoms with Gasteiger partial charge < -0.3 is 5.01 Å². The molecule has 0 atom stereocenters. The summed E-state index contributed by atoms with van der Waals surface area (Å²) >= 11 is 0. The summed E-state index contributed by atoms with van der Waals surface area (Å²) in [4.78, 5) is 0. The molecule has 8 heavy (non-hydrogen) atoms. The van der Waals surface area contributed by atoms with Crippen LogP contribution in [0.2, 0.25) is 0 Å². The van der Waals surface area contributed by atoms with E-state index in [9.17, 15) is 0 Å². The summed E-state index contributed by atoms with van der Waals surface area (Å²) in [5.74, 6) is 1.94. The van der Waals surface area contributed by atoms with Gasteiger partial charge in [-0.25, -0.2) is 0 Å². The molecule has 3 heteroatoms. The summed E-state index contributed by atoms with van der Waals surface area (Å²) in [7, 11) is 5.74. The molecular formula is C5H11BN2. The van der Waals surface area contributed by atoms with E-state index in [2.05, 4.69) is 5.10 Å². The summed E-state index contributed by atoms with van der Waals surface area (Å²) in [6.07, 6.45) is 3.64. The van der Waals surface area contributed by atoms with E-state index in [0.29, 0.717) is 0 Å². The SMILES string of the molecule is B/C=C/C=N/N(C)C. The van der Waals surface area contributed by atoms with Crippen molar-refractivity contribution in [3.05, 3.63) is 12.1 Å². The maximum absolute atomic E-state index is 3.94. The predicted octanol–water partition coefficient (Wildman–Crippen LogP) is -0.319. The van der Waals surface area contributed by atoms with Crippen molar-refractivity contribution in [1.82, 2.24) is 5.01 Å². The largest absolute Gasteiger partial charge is 0.303 e. The lowest BCUT2D eigenvalue weighted by Crippen LogP contribution is -2.00. The predicted molar refractivity (Wildman–Crippen MR) is 39.9 cm³/mol. The Morgan fingerprint density at radius 3 is 2.50 bits per heavy atom. The minimum atomic E-state index is 1.75. The molecule has 44 valence electrons. The van der Waals surface area contributed by atoms with Gasteiger partial charge in [0.05, 0.1) is 0 Å². The van der Waals surface area contributed by atoms with Gasteiger partial charge in [-0.1, -0.05) is 6.08 Å². The van der Waals surface area contributed by atoms with E-state index in [1.54, 1.807) is 11.2 Å². The number of allylic oxidation sites excluding steroid dienone is 1. The van der Waals surface area contributed by atoms with Gasteiger partial charge in [-0.05, 0) is 0 Å². The Kier molecular flexibility index (Phi) is 4.03. The van der Waals surface area contributed by atoms with Crippen molar-refractivity contribution in [2.24, 2.45) is 5.10 Å². The van der Waals surface area contributed by atoms with Gasteiger partial charge in [0.2, 0.25) is 0 Å². The fourth-order valence-corrected chi connectivity index (χ4v) is 0.258. The van der Waals surface area contributed by atoms with Crippen LogP contribution < -0.4 is 0 Å². The minimum absolute atomic E-state index is 1.75. The van der Waals surface area contributed by atoms with Crippen molar-refractivity contribution in [2.75, 3.05) is 14.1 Å². The lowest BCUT2D eigenvalue weighted by Gasteiger charge is -1.99. The van der Waals surface area contributed by atoms with Crippen LogP contribution >= 0.6 is 0 Å². The molecule has 0 aliphatic rings. The smallest absolute Gasteiger partial charge is 0.129 e. The summed E-state index contributed by atoms with van der Waals surface area (Å²) in [5.41, 5.74) is 0. The molecule has 0 bridgehead atoms. The second-order valence-corrected chi connectivity index (χ2v) is 1.64. The zero-order chi connectivity index (χ0) is 6.41. The third-order valence-corrected chi connectivity index (χ3v) is 0.576. The highest BCUT2D eigenvalue weighted by molar-refractivity contribution is 6.18. The third-order valence-electron chi connectivity index (χ3n) is 0.576. The molecule has 0 aromatic rings. The Morgan fingerprint density at radius 1 is 1.50 bits per heavy atom. The second kappa shape index (κ2) is 4.43. The molecule has 0 aromatic carbocycles. The van der Waals surface area contributed by atoms with Crippen molar-refractivity contribution in [3.8, 4) is 0 Å². The van der Waals surface area contributed by atoms with Crippen molar-refractivity contribution in [3.63, 3.8) is 0 Å². The Bertz CT molecular complexity index is 96.6. The van der Waals surface area contributed by atoms with Crippen LogP contribution in [0.3, 0.4) is 0 Å². The zero-order valence-electron chi connectivity index (χ0n) is 5.63. The van der Waals surface area contributed by atoms with Crippen LogP contribution in [0, 0.1) is 0 Å². The van der Waals surface area contributed by atoms with Crippen LogP contribution in [0.25, 0.3) is 0 Å². The molecule has 0 aliphatic carbocycles. The molecular weight excluding hydrogens is 98.9 g/mol. The zero-order valence-corrected chi connectivity index (χ0v) is 5.63. The molecule has 0 heterocycles. The first-order valence-electron chi connectivity index (χ1n) is 2.60. The molecule has 0 saturated carbocycles. The van der Waals surface area contributed by atoms with Crippen LogP contribution in [0.1, 0.15) is 0 Å². The standard InChI is InChI=1S/C5H11BN2/c1-8(2)7-5-3-4-6/h3-5H,6H2,1-2H3/b4-3+,7-5+. The van der Waals surface area contributed by atoms with Crippen molar-refractivity contribution in [2.45, 2.75) is 0 Å². The highest BCUT2D eigenvalue weighted by atomic mass is 15.4. The number of hydrogen-bond donors (Lipinski definition) is 0. The number of hydrazone groups is 1. The van der Waals surface area contributed by atoms with Gasteiger partial charge in [0.15, 0.2) is 0 Å². The summed E-state index contributed by atoms with van der Waals surface area (Å²) in [6, 6.07) is 0.